The van der Waals surface area contributed by atoms with Gasteiger partial charge in [-0.2, -0.15) is 0 Å². The fourth-order valence-corrected chi connectivity index (χ4v) is 2.74. The number of carboxylic acids is 1. The normalized spacial score (nSPS) is 16.9. The lowest BCUT2D eigenvalue weighted by atomic mass is 9.91. The topological polar surface area (TPSA) is 124 Å². The molecule has 122 valence electrons. The van der Waals surface area contributed by atoms with Gasteiger partial charge in [-0.1, -0.05) is 0 Å². The van der Waals surface area contributed by atoms with E-state index in [4.69, 9.17) is 10.2 Å². The number of aliphatic hydroxyl groups excluding tert-OH is 1. The molecule has 9 heteroatoms. The van der Waals surface area contributed by atoms with E-state index in [0.29, 0.717) is 0 Å². The lowest BCUT2D eigenvalue weighted by Crippen LogP contribution is -2.54. The largest absolute Gasteiger partial charge is 0.480 e. The van der Waals surface area contributed by atoms with Gasteiger partial charge in [0, 0.05) is 18.8 Å². The Bertz CT molecular complexity index is 474. The minimum Gasteiger partial charge on any atom is -0.480 e. The molecule has 0 aliphatic heterocycles. The van der Waals surface area contributed by atoms with Crippen molar-refractivity contribution in [2.75, 3.05) is 25.2 Å². The van der Waals surface area contributed by atoms with E-state index in [1.165, 1.54) is 4.90 Å². The number of nitrogens with zero attached hydrogens (tertiary/aromatic N) is 1. The van der Waals surface area contributed by atoms with E-state index in [0.717, 1.165) is 25.5 Å². The quantitative estimate of drug-likeness (QED) is 0.550. The number of carbonyl (C=O) groups is 2. The van der Waals surface area contributed by atoms with E-state index in [2.05, 4.69) is 5.32 Å². The van der Waals surface area contributed by atoms with E-state index in [9.17, 15) is 18.0 Å². The highest BCUT2D eigenvalue weighted by Gasteiger charge is 2.31. The van der Waals surface area contributed by atoms with E-state index in [-0.39, 0.29) is 31.4 Å². The summed E-state index contributed by atoms with van der Waals surface area (Å²) in [5.41, 5.74) is 0. The van der Waals surface area contributed by atoms with Crippen LogP contribution in [0.25, 0.3) is 0 Å². The zero-order chi connectivity index (χ0) is 16.0. The summed E-state index contributed by atoms with van der Waals surface area (Å²) in [7, 11) is -3.30. The van der Waals surface area contributed by atoms with Crippen LogP contribution < -0.4 is 5.32 Å². The minimum atomic E-state index is -3.30. The number of hydrogen-bond acceptors (Lipinski definition) is 5. The lowest BCUT2D eigenvalue weighted by Gasteiger charge is -2.37. The van der Waals surface area contributed by atoms with Crippen LogP contribution in [0, 0.1) is 0 Å². The van der Waals surface area contributed by atoms with Gasteiger partial charge in [0.1, 0.15) is 15.9 Å². The Balaban J connectivity index is 2.63. The number of carbonyl (C=O) groups excluding carboxylic acids is 1. The molecule has 21 heavy (non-hydrogen) atoms. The van der Waals surface area contributed by atoms with Gasteiger partial charge in [0.15, 0.2) is 0 Å². The molecule has 0 saturated heterocycles. The summed E-state index contributed by atoms with van der Waals surface area (Å²) in [6.07, 6.45) is 3.48. The van der Waals surface area contributed by atoms with Crippen molar-refractivity contribution in [3.05, 3.63) is 0 Å². The number of hydrogen-bond donors (Lipinski definition) is 3. The molecule has 0 bridgehead atoms. The standard InChI is InChI=1S/C12H22N2O6S/c1-21(19,20)8-5-10(11(16)17)13-12(18)14(6-7-15)9-3-2-4-9/h9-10,15H,2-8H2,1H3,(H,13,18)(H,16,17). The SMILES string of the molecule is CS(=O)(=O)CCC(NC(=O)N(CCO)C1CCC1)C(=O)O. The van der Waals surface area contributed by atoms with Gasteiger partial charge in [-0.3, -0.25) is 0 Å². The first-order valence-corrected chi connectivity index (χ1v) is 8.89. The smallest absolute Gasteiger partial charge is 0.326 e. The first-order valence-electron chi connectivity index (χ1n) is 6.83. The van der Waals surface area contributed by atoms with Gasteiger partial charge >= 0.3 is 12.0 Å². The van der Waals surface area contributed by atoms with Gasteiger partial charge < -0.3 is 20.4 Å². The lowest BCUT2D eigenvalue weighted by molar-refractivity contribution is -0.139. The zero-order valence-electron chi connectivity index (χ0n) is 12.0. The van der Waals surface area contributed by atoms with E-state index < -0.39 is 27.9 Å². The molecule has 3 N–H and O–H groups in total. The summed E-state index contributed by atoms with van der Waals surface area (Å²) in [6.45, 7) is -0.0695. The number of nitrogens with one attached hydrogen (secondary N) is 1. The van der Waals surface area contributed by atoms with Crippen LogP contribution in [0.1, 0.15) is 25.7 Å². The Labute approximate surface area is 124 Å². The minimum absolute atomic E-state index is 0.0153. The van der Waals surface area contributed by atoms with Crippen LogP contribution in [0.5, 0.6) is 0 Å². The van der Waals surface area contributed by atoms with Crippen molar-refractivity contribution in [2.45, 2.75) is 37.8 Å². The highest BCUT2D eigenvalue weighted by Crippen LogP contribution is 2.24. The molecule has 1 aliphatic carbocycles. The summed E-state index contributed by atoms with van der Waals surface area (Å²) in [6, 6.07) is -1.82. The summed E-state index contributed by atoms with van der Waals surface area (Å²) in [5.74, 6) is -1.59. The number of sulfone groups is 1. The first-order chi connectivity index (χ1) is 9.74. The summed E-state index contributed by atoms with van der Waals surface area (Å²) >= 11 is 0. The molecule has 0 aromatic heterocycles. The zero-order valence-corrected chi connectivity index (χ0v) is 12.8. The van der Waals surface area contributed by atoms with Crippen LogP contribution in [0.3, 0.4) is 0 Å². The Morgan fingerprint density at radius 3 is 2.38 bits per heavy atom. The van der Waals surface area contributed by atoms with Gasteiger partial charge in [0.2, 0.25) is 0 Å². The van der Waals surface area contributed by atoms with Crippen LogP contribution in [-0.4, -0.2) is 72.8 Å². The molecule has 8 nitrogen and oxygen atoms in total. The molecule has 1 aliphatic rings. The third-order valence-electron chi connectivity index (χ3n) is 3.49. The van der Waals surface area contributed by atoms with Crippen molar-refractivity contribution in [3.63, 3.8) is 0 Å². The average molecular weight is 322 g/mol. The second-order valence-electron chi connectivity index (χ2n) is 5.26. The fourth-order valence-electron chi connectivity index (χ4n) is 2.08. The number of aliphatic carboxylic acids is 1. The molecular weight excluding hydrogens is 300 g/mol. The Kier molecular flexibility index (Phi) is 6.41. The fraction of sp³-hybridized carbons (Fsp3) is 0.833. The highest BCUT2D eigenvalue weighted by atomic mass is 32.2. The molecule has 1 atom stereocenters. The molecule has 0 aromatic carbocycles. The monoisotopic (exact) mass is 322 g/mol. The molecule has 1 fully saturated rings. The third kappa shape index (κ3) is 5.88. The summed E-state index contributed by atoms with van der Waals surface area (Å²) in [5, 5.41) is 20.4. The van der Waals surface area contributed by atoms with Crippen LogP contribution >= 0.6 is 0 Å². The molecule has 1 rings (SSSR count). The molecular formula is C12H22N2O6S. The first kappa shape index (κ1) is 17.7. The average Bonchev–Trinajstić information content (AvgIpc) is 2.29. The Hall–Kier alpha value is -1.35. The van der Waals surface area contributed by atoms with E-state index in [1.54, 1.807) is 0 Å². The molecule has 1 unspecified atom stereocenters. The van der Waals surface area contributed by atoms with Crippen molar-refractivity contribution in [3.8, 4) is 0 Å². The second kappa shape index (κ2) is 7.60. The number of carboxylic acid groups (broad SMARTS) is 1. The van der Waals surface area contributed by atoms with Gasteiger partial charge in [-0.05, 0) is 25.7 Å². The van der Waals surface area contributed by atoms with Crippen LogP contribution in [0.4, 0.5) is 4.79 Å². The van der Waals surface area contributed by atoms with Crippen LogP contribution in [0.15, 0.2) is 0 Å². The molecule has 0 aromatic rings. The second-order valence-corrected chi connectivity index (χ2v) is 7.52. The Morgan fingerprint density at radius 2 is 2.00 bits per heavy atom. The molecule has 0 radical (unpaired) electrons. The highest BCUT2D eigenvalue weighted by molar-refractivity contribution is 7.90. The molecule has 0 heterocycles. The maximum atomic E-state index is 12.1. The van der Waals surface area contributed by atoms with Gasteiger partial charge in [-0.15, -0.1) is 0 Å². The van der Waals surface area contributed by atoms with E-state index >= 15 is 0 Å². The maximum Gasteiger partial charge on any atom is 0.326 e. The van der Waals surface area contributed by atoms with Crippen LogP contribution in [-0.2, 0) is 14.6 Å². The summed E-state index contributed by atoms with van der Waals surface area (Å²) in [4.78, 5) is 24.6. The van der Waals surface area contributed by atoms with Crippen molar-refractivity contribution in [1.29, 1.82) is 0 Å². The van der Waals surface area contributed by atoms with Crippen molar-refractivity contribution < 1.29 is 28.2 Å². The van der Waals surface area contributed by atoms with Gasteiger partial charge in [0.05, 0.1) is 12.4 Å². The summed E-state index contributed by atoms with van der Waals surface area (Å²) < 4.78 is 22.2. The van der Waals surface area contributed by atoms with Crippen molar-refractivity contribution in [1.82, 2.24) is 10.2 Å². The van der Waals surface area contributed by atoms with Crippen LogP contribution in [0.2, 0.25) is 0 Å². The number of amides is 2. The van der Waals surface area contributed by atoms with Gasteiger partial charge in [0.25, 0.3) is 0 Å². The van der Waals surface area contributed by atoms with Gasteiger partial charge in [-0.25, -0.2) is 18.0 Å². The predicted octanol–water partition coefficient (Wildman–Crippen LogP) is -0.569. The van der Waals surface area contributed by atoms with E-state index in [1.807, 2.05) is 0 Å². The predicted molar refractivity (Wildman–Crippen MR) is 75.7 cm³/mol. The third-order valence-corrected chi connectivity index (χ3v) is 4.47. The molecule has 2 amide bonds. The van der Waals surface area contributed by atoms with Crippen molar-refractivity contribution >= 4 is 21.8 Å². The molecule has 0 spiro atoms. The van der Waals surface area contributed by atoms with Crippen molar-refractivity contribution in [2.24, 2.45) is 0 Å². The number of urea groups is 1. The number of aliphatic hydroxyl groups is 1. The molecule has 1 saturated carbocycles. The number of rotatable bonds is 8. The Morgan fingerprint density at radius 1 is 1.38 bits per heavy atom. The maximum absolute atomic E-state index is 12.1.